The highest BCUT2D eigenvalue weighted by molar-refractivity contribution is 7.80. The molecule has 31 heavy (non-hydrogen) atoms. The minimum Gasteiger partial charge on any atom is -0.508 e. The predicted octanol–water partition coefficient (Wildman–Crippen LogP) is 6.02. The predicted molar refractivity (Wildman–Crippen MR) is 132 cm³/mol. The lowest BCUT2D eigenvalue weighted by atomic mass is 10.0. The molecule has 0 saturated carbocycles. The van der Waals surface area contributed by atoms with Gasteiger partial charge in [0, 0.05) is 50.3 Å². The Labute approximate surface area is 195 Å². The summed E-state index contributed by atoms with van der Waals surface area (Å²) in [7, 11) is 3.31. The number of phenols is 1. The van der Waals surface area contributed by atoms with E-state index in [0.717, 1.165) is 63.6 Å². The van der Waals surface area contributed by atoms with Gasteiger partial charge in [0.05, 0.1) is 4.88 Å². The molecular formula is C24H26N2O2S3. The van der Waals surface area contributed by atoms with Crippen LogP contribution in [0.1, 0.15) is 25.3 Å². The highest BCUT2D eigenvalue weighted by Crippen LogP contribution is 2.42. The van der Waals surface area contributed by atoms with Gasteiger partial charge in [0.25, 0.3) is 0 Å². The van der Waals surface area contributed by atoms with Gasteiger partial charge in [-0.1, -0.05) is 70.2 Å². The molecule has 2 aromatic carbocycles. The van der Waals surface area contributed by atoms with Crippen molar-refractivity contribution in [2.75, 3.05) is 26.2 Å². The fourth-order valence-electron chi connectivity index (χ4n) is 3.92. The summed E-state index contributed by atoms with van der Waals surface area (Å²) in [5.41, 5.74) is 4.22. The molecule has 1 amide bonds. The average molecular weight is 471 g/mol. The molecule has 0 unspecified atom stereocenters. The van der Waals surface area contributed by atoms with E-state index in [4.69, 9.17) is 12.2 Å². The second kappa shape index (κ2) is 10.0. The minimum absolute atomic E-state index is 0.249. The first-order chi connectivity index (χ1) is 15.1. The standard InChI is InChI=1S/C24H26N2O2S3/c1-2-6-21(28)26-13-11-25(12-14-26)16-19-15-18(9-10-20(19)27)23-22(24(29)31-30-23)17-7-4-3-5-8-17/h3-5,7-10,15,27H,2,6,11-14,16H2,1H3. The SMILES string of the molecule is CCCC(=O)N1CCN(Cc2cc(-c3ssc(=S)c3-c3ccccc3)ccc2O)CC1. The van der Waals surface area contributed by atoms with Crippen LogP contribution in [0.5, 0.6) is 5.75 Å². The van der Waals surface area contributed by atoms with Crippen LogP contribution in [0.25, 0.3) is 21.6 Å². The van der Waals surface area contributed by atoms with E-state index in [-0.39, 0.29) is 5.91 Å². The molecule has 1 fully saturated rings. The third-order valence-electron chi connectivity index (χ3n) is 5.62. The van der Waals surface area contributed by atoms with E-state index in [0.29, 0.717) is 18.7 Å². The second-order valence-corrected chi connectivity index (χ2v) is 10.6. The third-order valence-corrected chi connectivity index (χ3v) is 8.68. The number of aromatic hydroxyl groups is 1. The van der Waals surface area contributed by atoms with Gasteiger partial charge in [0.1, 0.15) is 9.57 Å². The summed E-state index contributed by atoms with van der Waals surface area (Å²) >= 11 is 5.63. The maximum atomic E-state index is 12.1. The van der Waals surface area contributed by atoms with Gasteiger partial charge in [-0.05, 0) is 35.7 Å². The molecule has 1 N–H and O–H groups in total. The number of carbonyl (C=O) groups excluding carboxylic acids is 1. The number of piperazine rings is 1. The molecule has 2 heterocycles. The zero-order chi connectivity index (χ0) is 21.8. The third kappa shape index (κ3) is 5.06. The molecular weight excluding hydrogens is 444 g/mol. The molecule has 0 radical (unpaired) electrons. The maximum Gasteiger partial charge on any atom is 0.222 e. The van der Waals surface area contributed by atoms with E-state index < -0.39 is 0 Å². The molecule has 1 aromatic heterocycles. The largest absolute Gasteiger partial charge is 0.508 e. The smallest absolute Gasteiger partial charge is 0.222 e. The van der Waals surface area contributed by atoms with E-state index in [9.17, 15) is 9.90 Å². The summed E-state index contributed by atoms with van der Waals surface area (Å²) < 4.78 is 0.897. The Morgan fingerprint density at radius 2 is 1.77 bits per heavy atom. The maximum absolute atomic E-state index is 12.1. The number of nitrogens with zero attached hydrogens (tertiary/aromatic N) is 2. The van der Waals surface area contributed by atoms with Crippen molar-refractivity contribution < 1.29 is 9.90 Å². The van der Waals surface area contributed by atoms with Crippen molar-refractivity contribution >= 4 is 38.8 Å². The molecule has 0 atom stereocenters. The quantitative estimate of drug-likeness (QED) is 0.353. The number of hydrogen-bond donors (Lipinski definition) is 1. The van der Waals surface area contributed by atoms with Crippen molar-refractivity contribution in [3.05, 3.63) is 57.9 Å². The Kier molecular flexibility index (Phi) is 7.17. The van der Waals surface area contributed by atoms with Gasteiger partial charge in [0.15, 0.2) is 0 Å². The zero-order valence-corrected chi connectivity index (χ0v) is 20.0. The van der Waals surface area contributed by atoms with E-state index in [1.165, 1.54) is 0 Å². The van der Waals surface area contributed by atoms with Crippen molar-refractivity contribution in [3.63, 3.8) is 0 Å². The van der Waals surface area contributed by atoms with Gasteiger partial charge in [-0.15, -0.1) is 0 Å². The van der Waals surface area contributed by atoms with Crippen molar-refractivity contribution in [1.82, 2.24) is 9.80 Å². The van der Waals surface area contributed by atoms with Crippen LogP contribution in [-0.4, -0.2) is 47.0 Å². The molecule has 4 rings (SSSR count). The molecule has 3 aromatic rings. The summed E-state index contributed by atoms with van der Waals surface area (Å²) in [6.07, 6.45) is 1.51. The van der Waals surface area contributed by atoms with Gasteiger partial charge in [-0.25, -0.2) is 0 Å². The molecule has 7 heteroatoms. The average Bonchev–Trinajstić information content (AvgIpc) is 3.18. The van der Waals surface area contributed by atoms with Crippen LogP contribution in [-0.2, 0) is 11.3 Å². The van der Waals surface area contributed by atoms with Crippen LogP contribution >= 0.6 is 32.9 Å². The number of hydrogen-bond acceptors (Lipinski definition) is 6. The van der Waals surface area contributed by atoms with E-state index >= 15 is 0 Å². The summed E-state index contributed by atoms with van der Waals surface area (Å²) in [6, 6.07) is 16.1. The van der Waals surface area contributed by atoms with Gasteiger partial charge in [-0.2, -0.15) is 0 Å². The number of amides is 1. The van der Waals surface area contributed by atoms with Crippen LogP contribution in [0.2, 0.25) is 0 Å². The highest BCUT2D eigenvalue weighted by atomic mass is 32.9. The Morgan fingerprint density at radius 1 is 1.03 bits per heavy atom. The number of benzene rings is 2. The van der Waals surface area contributed by atoms with Crippen molar-refractivity contribution in [3.8, 4) is 27.3 Å². The van der Waals surface area contributed by atoms with Gasteiger partial charge < -0.3 is 10.0 Å². The molecule has 1 aliphatic heterocycles. The van der Waals surface area contributed by atoms with Crippen molar-refractivity contribution in [1.29, 1.82) is 0 Å². The molecule has 162 valence electrons. The molecule has 0 aliphatic carbocycles. The van der Waals surface area contributed by atoms with Crippen molar-refractivity contribution in [2.24, 2.45) is 0 Å². The molecule has 0 spiro atoms. The Bertz CT molecular complexity index is 1100. The minimum atomic E-state index is 0.249. The van der Waals surface area contributed by atoms with Crippen LogP contribution in [0.4, 0.5) is 0 Å². The van der Waals surface area contributed by atoms with Gasteiger partial charge in [-0.3, -0.25) is 9.69 Å². The lowest BCUT2D eigenvalue weighted by molar-refractivity contribution is -0.133. The fourth-order valence-corrected chi connectivity index (χ4v) is 6.83. The first-order valence-electron chi connectivity index (χ1n) is 10.6. The van der Waals surface area contributed by atoms with E-state index in [1.807, 2.05) is 36.1 Å². The Morgan fingerprint density at radius 3 is 2.48 bits per heavy atom. The first-order valence-corrected chi connectivity index (χ1v) is 13.1. The van der Waals surface area contributed by atoms with Crippen LogP contribution in [0.15, 0.2) is 48.5 Å². The summed E-state index contributed by atoms with van der Waals surface area (Å²) in [4.78, 5) is 17.5. The summed E-state index contributed by atoms with van der Waals surface area (Å²) in [5, 5.41) is 10.5. The molecule has 1 saturated heterocycles. The van der Waals surface area contributed by atoms with Crippen LogP contribution < -0.4 is 0 Å². The molecule has 1 aliphatic rings. The number of carbonyl (C=O) groups is 1. The lowest BCUT2D eigenvalue weighted by Crippen LogP contribution is -2.48. The molecule has 4 nitrogen and oxygen atoms in total. The fraction of sp³-hybridized carbons (Fsp3) is 0.333. The van der Waals surface area contributed by atoms with Gasteiger partial charge >= 0.3 is 0 Å². The highest BCUT2D eigenvalue weighted by Gasteiger charge is 2.22. The number of phenolic OH excluding ortho intramolecular Hbond substituents is 1. The monoisotopic (exact) mass is 470 g/mol. The van der Waals surface area contributed by atoms with E-state index in [2.05, 4.69) is 23.1 Å². The first kappa shape index (κ1) is 22.1. The second-order valence-electron chi connectivity index (χ2n) is 7.77. The lowest BCUT2D eigenvalue weighted by Gasteiger charge is -2.35. The zero-order valence-electron chi connectivity index (χ0n) is 17.5. The van der Waals surface area contributed by atoms with Crippen LogP contribution in [0, 0.1) is 3.82 Å². The number of rotatable bonds is 6. The normalized spacial score (nSPS) is 14.7. The van der Waals surface area contributed by atoms with Crippen molar-refractivity contribution in [2.45, 2.75) is 26.3 Å². The summed E-state index contributed by atoms with van der Waals surface area (Å²) in [6.45, 7) is 5.87. The topological polar surface area (TPSA) is 43.8 Å². The van der Waals surface area contributed by atoms with Crippen LogP contribution in [0.3, 0.4) is 0 Å². The van der Waals surface area contributed by atoms with Gasteiger partial charge in [0.2, 0.25) is 5.91 Å². The Hall–Kier alpha value is -2.06. The van der Waals surface area contributed by atoms with E-state index in [1.54, 1.807) is 26.7 Å². The molecule has 0 bridgehead atoms. The Balaban J connectivity index is 1.53. The summed E-state index contributed by atoms with van der Waals surface area (Å²) in [5.74, 6) is 0.562.